The number of ether oxygens (including phenoxy) is 2. The molecule has 1 amide bonds. The molecule has 1 aromatic carbocycles. The van der Waals surface area contributed by atoms with E-state index in [2.05, 4.69) is 0 Å². The molecule has 0 spiro atoms. The highest BCUT2D eigenvalue weighted by Crippen LogP contribution is 2.37. The van der Waals surface area contributed by atoms with Crippen LogP contribution in [-0.2, 0) is 14.0 Å². The van der Waals surface area contributed by atoms with Gasteiger partial charge >= 0.3 is 13.2 Å². The molecule has 1 heterocycles. The molecule has 1 aliphatic rings. The first-order valence-electron chi connectivity index (χ1n) is 9.51. The minimum Gasteiger partial charge on any atom is -0.488 e. The van der Waals surface area contributed by atoms with Crippen molar-refractivity contribution in [3.05, 3.63) is 23.2 Å². The van der Waals surface area contributed by atoms with E-state index in [9.17, 15) is 4.79 Å². The van der Waals surface area contributed by atoms with Crippen LogP contribution in [0.3, 0.4) is 0 Å². The lowest BCUT2D eigenvalue weighted by Crippen LogP contribution is -2.41. The Hall–Kier alpha value is -1.44. The molecule has 0 radical (unpaired) electrons. The van der Waals surface area contributed by atoms with Crippen molar-refractivity contribution in [1.29, 1.82) is 0 Å². The van der Waals surface area contributed by atoms with E-state index >= 15 is 0 Å². The largest absolute Gasteiger partial charge is 0.494 e. The van der Waals surface area contributed by atoms with Gasteiger partial charge in [-0.3, -0.25) is 0 Å². The van der Waals surface area contributed by atoms with Crippen molar-refractivity contribution in [3.63, 3.8) is 0 Å². The van der Waals surface area contributed by atoms with Gasteiger partial charge in [-0.2, -0.15) is 0 Å². The summed E-state index contributed by atoms with van der Waals surface area (Å²) in [5.74, 6) is 0.791. The summed E-state index contributed by atoms with van der Waals surface area (Å²) in [4.78, 5) is 11.3. The van der Waals surface area contributed by atoms with E-state index in [4.69, 9.17) is 36.1 Å². The number of hydrogen-bond donors (Lipinski definition) is 1. The highest BCUT2D eigenvalue weighted by atomic mass is 35.5. The summed E-state index contributed by atoms with van der Waals surface area (Å²) in [5.41, 5.74) is 4.34. The molecule has 28 heavy (non-hydrogen) atoms. The molecule has 8 heteroatoms. The summed E-state index contributed by atoms with van der Waals surface area (Å²) in [6, 6.07) is 5.40. The van der Waals surface area contributed by atoms with Gasteiger partial charge in [-0.25, -0.2) is 4.79 Å². The number of benzene rings is 1. The van der Waals surface area contributed by atoms with Crippen molar-refractivity contribution in [2.45, 2.75) is 71.7 Å². The maximum absolute atomic E-state index is 11.3. The quantitative estimate of drug-likeness (QED) is 0.688. The molecule has 6 nitrogen and oxygen atoms in total. The zero-order valence-corrected chi connectivity index (χ0v) is 18.6. The van der Waals surface area contributed by atoms with Gasteiger partial charge in [0.15, 0.2) is 0 Å². The first kappa shape index (κ1) is 22.8. The summed E-state index contributed by atoms with van der Waals surface area (Å²) < 4.78 is 23.3. The summed E-state index contributed by atoms with van der Waals surface area (Å²) >= 11 is 6.42. The molecule has 0 aromatic heterocycles. The number of rotatable bonds is 7. The van der Waals surface area contributed by atoms with Crippen molar-refractivity contribution in [2.24, 2.45) is 11.7 Å². The molecule has 0 bridgehead atoms. The molecular weight excluding hydrogens is 380 g/mol. The van der Waals surface area contributed by atoms with E-state index in [0.717, 1.165) is 5.46 Å². The van der Waals surface area contributed by atoms with Gasteiger partial charge in [-0.05, 0) is 64.6 Å². The van der Waals surface area contributed by atoms with Crippen LogP contribution < -0.4 is 15.9 Å². The average molecular weight is 412 g/mol. The lowest BCUT2D eigenvalue weighted by atomic mass is 9.79. The average Bonchev–Trinajstić information content (AvgIpc) is 2.72. The van der Waals surface area contributed by atoms with Crippen LogP contribution >= 0.6 is 11.6 Å². The Balaban J connectivity index is 2.11. The highest BCUT2D eigenvalue weighted by Gasteiger charge is 2.51. The van der Waals surface area contributed by atoms with Crippen LogP contribution in [0.1, 0.15) is 54.9 Å². The zero-order valence-electron chi connectivity index (χ0n) is 17.8. The van der Waals surface area contributed by atoms with E-state index in [0.29, 0.717) is 23.1 Å². The molecule has 0 aliphatic carbocycles. The van der Waals surface area contributed by atoms with E-state index in [-0.39, 0.29) is 6.61 Å². The summed E-state index contributed by atoms with van der Waals surface area (Å²) in [6.45, 7) is 14.0. The third-order valence-electron chi connectivity index (χ3n) is 5.20. The van der Waals surface area contributed by atoms with Crippen molar-refractivity contribution >= 4 is 30.3 Å². The van der Waals surface area contributed by atoms with Gasteiger partial charge in [0.1, 0.15) is 18.0 Å². The van der Waals surface area contributed by atoms with Gasteiger partial charge in [-0.15, -0.1) is 0 Å². The van der Waals surface area contributed by atoms with Crippen molar-refractivity contribution in [2.75, 3.05) is 6.61 Å². The Morgan fingerprint density at radius 1 is 1.25 bits per heavy atom. The first-order valence-corrected chi connectivity index (χ1v) is 9.89. The van der Waals surface area contributed by atoms with Gasteiger partial charge < -0.3 is 24.5 Å². The number of halogens is 1. The maximum atomic E-state index is 11.3. The number of amides is 1. The van der Waals surface area contributed by atoms with E-state index in [1.165, 1.54) is 0 Å². The molecule has 1 atom stereocenters. The Bertz CT molecular complexity index is 709. The van der Waals surface area contributed by atoms with Gasteiger partial charge in [0, 0.05) is 0 Å². The van der Waals surface area contributed by atoms with Crippen LogP contribution in [0.2, 0.25) is 5.02 Å². The zero-order chi connectivity index (χ0) is 21.3. The number of carbonyl (C=O) groups is 1. The fourth-order valence-electron chi connectivity index (χ4n) is 3.23. The van der Waals surface area contributed by atoms with Gasteiger partial charge in [0.05, 0.1) is 16.2 Å². The second kappa shape index (κ2) is 8.13. The Labute approximate surface area is 173 Å². The Morgan fingerprint density at radius 3 is 2.29 bits per heavy atom. The predicted molar refractivity (Wildman–Crippen MR) is 111 cm³/mol. The molecule has 0 saturated carbocycles. The third kappa shape index (κ3) is 5.34. The Kier molecular flexibility index (Phi) is 6.63. The molecule has 1 unspecified atom stereocenters. The Morgan fingerprint density at radius 2 is 1.82 bits per heavy atom. The SMILES string of the molecule is CC(C)CC(C)(COc1ccc(B2OC(C)(C)C(C)(C)O2)cc1Cl)OC(N)=O. The molecule has 2 N–H and O–H groups in total. The third-order valence-corrected chi connectivity index (χ3v) is 5.50. The monoisotopic (exact) mass is 411 g/mol. The van der Waals surface area contributed by atoms with E-state index in [1.54, 1.807) is 19.1 Å². The number of carbonyl (C=O) groups excluding carboxylic acids is 1. The molecule has 1 aromatic rings. The maximum Gasteiger partial charge on any atom is 0.494 e. The van der Waals surface area contributed by atoms with Gasteiger partial charge in [0.2, 0.25) is 0 Å². The molecule has 156 valence electrons. The van der Waals surface area contributed by atoms with Crippen LogP contribution in [-0.4, -0.2) is 36.6 Å². The number of nitrogens with two attached hydrogens (primary N) is 1. The molecule has 2 rings (SSSR count). The van der Waals surface area contributed by atoms with Crippen LogP contribution in [0, 0.1) is 5.92 Å². The summed E-state index contributed by atoms with van der Waals surface area (Å²) in [5, 5.41) is 0.429. The molecule has 1 fully saturated rings. The van der Waals surface area contributed by atoms with E-state index in [1.807, 2.05) is 47.6 Å². The van der Waals surface area contributed by atoms with E-state index < -0.39 is 30.0 Å². The van der Waals surface area contributed by atoms with Crippen molar-refractivity contribution in [3.8, 4) is 5.75 Å². The fourth-order valence-corrected chi connectivity index (χ4v) is 3.47. The van der Waals surface area contributed by atoms with Crippen molar-refractivity contribution in [1.82, 2.24) is 0 Å². The topological polar surface area (TPSA) is 80.0 Å². The highest BCUT2D eigenvalue weighted by molar-refractivity contribution is 6.62. The summed E-state index contributed by atoms with van der Waals surface area (Å²) in [6.07, 6.45) is -0.214. The minimum atomic E-state index is -0.840. The van der Waals surface area contributed by atoms with Crippen molar-refractivity contribution < 1.29 is 23.6 Å². The lowest BCUT2D eigenvalue weighted by Gasteiger charge is -2.32. The number of hydrogen-bond acceptors (Lipinski definition) is 5. The van der Waals surface area contributed by atoms with Crippen LogP contribution in [0.4, 0.5) is 4.79 Å². The minimum absolute atomic E-state index is 0.143. The fraction of sp³-hybridized carbons (Fsp3) is 0.650. The van der Waals surface area contributed by atoms with Crippen LogP contribution in [0.25, 0.3) is 0 Å². The number of primary amides is 1. The molecular formula is C20H31BClNO5. The summed E-state index contributed by atoms with van der Waals surface area (Å²) in [7, 11) is -0.499. The predicted octanol–water partition coefficient (Wildman–Crippen LogP) is 3.92. The smallest absolute Gasteiger partial charge is 0.488 e. The van der Waals surface area contributed by atoms with Gasteiger partial charge in [0.25, 0.3) is 0 Å². The second-order valence-corrected chi connectivity index (χ2v) is 9.44. The normalized spacial score (nSPS) is 20.1. The lowest BCUT2D eigenvalue weighted by molar-refractivity contribution is -0.0185. The van der Waals surface area contributed by atoms with Gasteiger partial charge in [-0.1, -0.05) is 31.5 Å². The first-order chi connectivity index (χ1) is 12.7. The standard InChI is InChI=1S/C20H31BClNO5/c1-13(2)11-20(7,26-17(23)24)12-25-16-9-8-14(10-15(16)22)21-27-18(3,4)19(5,6)28-21/h8-10,13H,11-12H2,1-7H3,(H2,23,24). The molecule has 1 aliphatic heterocycles. The second-order valence-electron chi connectivity index (χ2n) is 9.04. The van der Waals surface area contributed by atoms with Crippen LogP contribution in [0.5, 0.6) is 5.75 Å². The van der Waals surface area contributed by atoms with Crippen LogP contribution in [0.15, 0.2) is 18.2 Å². The molecule has 1 saturated heterocycles.